The second-order valence-corrected chi connectivity index (χ2v) is 2.81. The van der Waals surface area contributed by atoms with E-state index in [2.05, 4.69) is 10.6 Å². The maximum atomic E-state index is 10.9. The van der Waals surface area contributed by atoms with Gasteiger partial charge in [0.1, 0.15) is 0 Å². The number of amides is 1. The van der Waals surface area contributed by atoms with E-state index in [-0.39, 0.29) is 5.91 Å². The largest absolute Gasteiger partial charge is 0.389 e. The van der Waals surface area contributed by atoms with Crippen LogP contribution in [-0.2, 0) is 4.79 Å². The summed E-state index contributed by atoms with van der Waals surface area (Å²) in [5, 5.41) is 15.0. The van der Waals surface area contributed by atoms with Crippen molar-refractivity contribution >= 4 is 5.91 Å². The first-order valence-corrected chi connectivity index (χ1v) is 4.05. The highest BCUT2D eigenvalue weighted by Crippen LogP contribution is 2.08. The van der Waals surface area contributed by atoms with E-state index in [0.29, 0.717) is 13.0 Å². The van der Waals surface area contributed by atoms with Gasteiger partial charge >= 0.3 is 0 Å². The van der Waals surface area contributed by atoms with Crippen molar-refractivity contribution in [2.24, 2.45) is 0 Å². The van der Waals surface area contributed by atoms with Gasteiger partial charge in [0.2, 0.25) is 5.91 Å². The maximum absolute atomic E-state index is 10.9. The summed E-state index contributed by atoms with van der Waals surface area (Å²) in [6.45, 7) is 1.42. The van der Waals surface area contributed by atoms with Gasteiger partial charge < -0.3 is 15.7 Å². The zero-order valence-electron chi connectivity index (χ0n) is 7.13. The first-order chi connectivity index (χ1) is 5.74. The number of carbonyl (C=O) groups excluding carboxylic acids is 1. The number of aliphatic hydroxyl groups excluding tert-OH is 1. The van der Waals surface area contributed by atoms with E-state index in [0.717, 1.165) is 12.1 Å². The number of rotatable bonds is 1. The summed E-state index contributed by atoms with van der Waals surface area (Å²) in [7, 11) is 1.57. The summed E-state index contributed by atoms with van der Waals surface area (Å²) in [6.07, 6.45) is 1.68. The molecule has 1 aliphatic heterocycles. The van der Waals surface area contributed by atoms with E-state index in [9.17, 15) is 9.90 Å². The summed E-state index contributed by atoms with van der Waals surface area (Å²) in [4.78, 5) is 10.9. The minimum Gasteiger partial charge on any atom is -0.389 e. The van der Waals surface area contributed by atoms with Gasteiger partial charge in [0, 0.05) is 19.7 Å². The number of hydrogen-bond acceptors (Lipinski definition) is 3. The molecular formula is C8H14N2O2. The van der Waals surface area contributed by atoms with Crippen molar-refractivity contribution in [3.8, 4) is 0 Å². The smallest absolute Gasteiger partial charge is 0.243 e. The van der Waals surface area contributed by atoms with E-state index in [4.69, 9.17) is 0 Å². The third-order valence-electron chi connectivity index (χ3n) is 1.91. The van der Waals surface area contributed by atoms with Gasteiger partial charge in [-0.05, 0) is 18.5 Å². The van der Waals surface area contributed by atoms with Gasteiger partial charge in [-0.1, -0.05) is 0 Å². The Hall–Kier alpha value is -0.870. The fourth-order valence-corrected chi connectivity index (χ4v) is 1.16. The Labute approximate surface area is 71.7 Å². The third kappa shape index (κ3) is 2.32. The number of aliphatic hydroxyl groups is 1. The van der Waals surface area contributed by atoms with Crippen LogP contribution in [0.25, 0.3) is 0 Å². The van der Waals surface area contributed by atoms with Crippen LogP contribution in [0.15, 0.2) is 11.6 Å². The van der Waals surface area contributed by atoms with E-state index < -0.39 is 6.10 Å². The zero-order valence-corrected chi connectivity index (χ0v) is 7.13. The van der Waals surface area contributed by atoms with E-state index >= 15 is 0 Å². The quantitative estimate of drug-likeness (QED) is 0.443. The molecule has 1 aliphatic rings. The summed E-state index contributed by atoms with van der Waals surface area (Å²) in [5.74, 6) is -0.159. The molecule has 68 valence electrons. The maximum Gasteiger partial charge on any atom is 0.243 e. The number of carbonyl (C=O) groups is 1. The zero-order chi connectivity index (χ0) is 8.97. The molecule has 0 aromatic heterocycles. The van der Waals surface area contributed by atoms with Gasteiger partial charge in [-0.25, -0.2) is 0 Å². The first-order valence-electron chi connectivity index (χ1n) is 4.05. The summed E-state index contributed by atoms with van der Waals surface area (Å²) >= 11 is 0. The molecule has 4 heteroatoms. The lowest BCUT2D eigenvalue weighted by molar-refractivity contribution is -0.116. The third-order valence-corrected chi connectivity index (χ3v) is 1.91. The van der Waals surface area contributed by atoms with Crippen molar-refractivity contribution in [3.63, 3.8) is 0 Å². The molecule has 1 amide bonds. The van der Waals surface area contributed by atoms with Gasteiger partial charge in [-0.15, -0.1) is 0 Å². The second-order valence-electron chi connectivity index (χ2n) is 2.81. The van der Waals surface area contributed by atoms with Crippen LogP contribution in [0, 0.1) is 0 Å². The highest BCUT2D eigenvalue weighted by atomic mass is 16.3. The minimum atomic E-state index is -0.455. The first kappa shape index (κ1) is 9.22. The number of nitrogens with one attached hydrogen (secondary N) is 2. The van der Waals surface area contributed by atoms with Gasteiger partial charge in [-0.3, -0.25) is 4.79 Å². The fraction of sp³-hybridized carbons (Fsp3) is 0.625. The molecule has 12 heavy (non-hydrogen) atoms. The predicted molar refractivity (Wildman–Crippen MR) is 45.6 cm³/mol. The lowest BCUT2D eigenvalue weighted by Crippen LogP contribution is -2.34. The normalized spacial score (nSPS) is 27.2. The monoisotopic (exact) mass is 170 g/mol. The van der Waals surface area contributed by atoms with Gasteiger partial charge in [0.25, 0.3) is 0 Å². The summed E-state index contributed by atoms with van der Waals surface area (Å²) < 4.78 is 0. The van der Waals surface area contributed by atoms with E-state index in [1.165, 1.54) is 6.08 Å². The van der Waals surface area contributed by atoms with E-state index in [1.807, 2.05) is 0 Å². The van der Waals surface area contributed by atoms with E-state index in [1.54, 1.807) is 7.05 Å². The van der Waals surface area contributed by atoms with Crippen molar-refractivity contribution in [3.05, 3.63) is 11.6 Å². The van der Waals surface area contributed by atoms with Gasteiger partial charge in [-0.2, -0.15) is 0 Å². The Morgan fingerprint density at radius 2 is 2.58 bits per heavy atom. The van der Waals surface area contributed by atoms with Crippen molar-refractivity contribution < 1.29 is 9.90 Å². The Morgan fingerprint density at radius 1 is 1.83 bits per heavy atom. The predicted octanol–water partition coefficient (Wildman–Crippen LogP) is -0.987. The molecule has 1 atom stereocenters. The number of piperidine rings is 1. The molecule has 1 saturated heterocycles. The van der Waals surface area contributed by atoms with Crippen LogP contribution in [-0.4, -0.2) is 37.3 Å². The SMILES string of the molecule is CNC(=O)C=C1CNCCC1O. The van der Waals surface area contributed by atoms with Crippen LogP contribution >= 0.6 is 0 Å². The molecule has 0 aromatic carbocycles. The van der Waals surface area contributed by atoms with Crippen LogP contribution in [0.2, 0.25) is 0 Å². The van der Waals surface area contributed by atoms with Crippen molar-refractivity contribution in [2.75, 3.05) is 20.1 Å². The van der Waals surface area contributed by atoms with Crippen molar-refractivity contribution in [1.82, 2.24) is 10.6 Å². The topological polar surface area (TPSA) is 61.4 Å². The molecule has 1 unspecified atom stereocenters. The Bertz CT molecular complexity index is 201. The van der Waals surface area contributed by atoms with Crippen LogP contribution in [0.3, 0.4) is 0 Å². The molecule has 0 radical (unpaired) electrons. The van der Waals surface area contributed by atoms with Gasteiger partial charge in [0.05, 0.1) is 6.10 Å². The number of likely N-dealkylation sites (N-methyl/N-ethyl adjacent to an activating group) is 1. The molecule has 0 spiro atoms. The van der Waals surface area contributed by atoms with Crippen LogP contribution < -0.4 is 10.6 Å². The highest BCUT2D eigenvalue weighted by Gasteiger charge is 2.15. The summed E-state index contributed by atoms with van der Waals surface area (Å²) in [5.41, 5.74) is 0.764. The molecule has 0 aliphatic carbocycles. The standard InChI is InChI=1S/C8H14N2O2/c1-9-8(12)4-6-5-10-3-2-7(6)11/h4,7,10-11H,2-3,5H2,1H3,(H,9,12). The second kappa shape index (κ2) is 4.23. The Kier molecular flexibility index (Phi) is 3.25. The average molecular weight is 170 g/mol. The highest BCUT2D eigenvalue weighted by molar-refractivity contribution is 5.88. The molecule has 3 N–H and O–H groups in total. The van der Waals surface area contributed by atoms with Crippen molar-refractivity contribution in [1.29, 1.82) is 0 Å². The van der Waals surface area contributed by atoms with Gasteiger partial charge in [0.15, 0.2) is 0 Å². The fourth-order valence-electron chi connectivity index (χ4n) is 1.16. The summed E-state index contributed by atoms with van der Waals surface area (Å²) in [6, 6.07) is 0. The van der Waals surface area contributed by atoms with Crippen LogP contribution in [0.4, 0.5) is 0 Å². The Morgan fingerprint density at radius 3 is 3.17 bits per heavy atom. The molecular weight excluding hydrogens is 156 g/mol. The van der Waals surface area contributed by atoms with Crippen LogP contribution in [0.5, 0.6) is 0 Å². The molecule has 0 saturated carbocycles. The molecule has 0 bridgehead atoms. The molecule has 1 fully saturated rings. The average Bonchev–Trinajstić information content (AvgIpc) is 2.09. The molecule has 0 aromatic rings. The molecule has 1 heterocycles. The lowest BCUT2D eigenvalue weighted by atomic mass is 10.0. The minimum absolute atomic E-state index is 0.159. The number of hydrogen-bond donors (Lipinski definition) is 3. The molecule has 4 nitrogen and oxygen atoms in total. The van der Waals surface area contributed by atoms with Crippen LogP contribution in [0.1, 0.15) is 6.42 Å². The Balaban J connectivity index is 2.58. The van der Waals surface area contributed by atoms with Crippen molar-refractivity contribution in [2.45, 2.75) is 12.5 Å². The lowest BCUT2D eigenvalue weighted by Gasteiger charge is -2.21. The molecule has 1 rings (SSSR count).